The Morgan fingerprint density at radius 2 is 1.90 bits per heavy atom. The van der Waals surface area contributed by atoms with E-state index < -0.39 is 23.4 Å². The molecular formula is C13H19NO6S. The highest BCUT2D eigenvalue weighted by Gasteiger charge is 2.45. The van der Waals surface area contributed by atoms with Crippen LogP contribution in [0.25, 0.3) is 0 Å². The molecule has 0 spiro atoms. The van der Waals surface area contributed by atoms with E-state index in [1.54, 1.807) is 0 Å². The highest BCUT2D eigenvalue weighted by Crippen LogP contribution is 2.35. The Labute approximate surface area is 126 Å². The van der Waals surface area contributed by atoms with Crippen molar-refractivity contribution < 1.29 is 29.4 Å². The normalized spacial score (nSPS) is 25.4. The van der Waals surface area contributed by atoms with Crippen molar-refractivity contribution in [2.45, 2.75) is 39.2 Å². The van der Waals surface area contributed by atoms with Crippen LogP contribution in [0.5, 0.6) is 0 Å². The topological polar surface area (TPSA) is 112 Å². The predicted molar refractivity (Wildman–Crippen MR) is 75.9 cm³/mol. The van der Waals surface area contributed by atoms with Crippen LogP contribution < -0.4 is 0 Å². The first-order valence-corrected chi connectivity index (χ1v) is 7.55. The van der Waals surface area contributed by atoms with Crippen molar-refractivity contribution in [3.63, 3.8) is 0 Å². The van der Waals surface area contributed by atoms with Gasteiger partial charge in [0, 0.05) is 25.6 Å². The van der Waals surface area contributed by atoms with Gasteiger partial charge >= 0.3 is 11.9 Å². The van der Waals surface area contributed by atoms with Crippen molar-refractivity contribution in [3.05, 3.63) is 0 Å². The van der Waals surface area contributed by atoms with Gasteiger partial charge in [0.25, 0.3) is 0 Å². The molecule has 2 atom stereocenters. The van der Waals surface area contributed by atoms with E-state index in [4.69, 9.17) is 0 Å². The minimum atomic E-state index is -1.20. The summed E-state index contributed by atoms with van der Waals surface area (Å²) >= 11 is 1.01. The number of carbonyl (C=O) groups excluding carboxylic acids is 2. The van der Waals surface area contributed by atoms with E-state index in [9.17, 15) is 29.4 Å². The Hall–Kier alpha value is -1.57. The van der Waals surface area contributed by atoms with Crippen LogP contribution in [0, 0.1) is 5.41 Å². The van der Waals surface area contributed by atoms with E-state index in [0.717, 1.165) is 11.8 Å². The van der Waals surface area contributed by atoms with E-state index in [1.165, 1.54) is 18.7 Å². The zero-order valence-electron chi connectivity index (χ0n) is 12.0. The van der Waals surface area contributed by atoms with Gasteiger partial charge in [-0.1, -0.05) is 11.8 Å². The number of piperidine rings is 1. The molecule has 1 aliphatic rings. The second kappa shape index (κ2) is 6.93. The molecule has 0 saturated carbocycles. The summed E-state index contributed by atoms with van der Waals surface area (Å²) in [6.45, 7) is 3.00. The number of carboxylic acids is 2. The monoisotopic (exact) mass is 317 g/mol. The van der Waals surface area contributed by atoms with Gasteiger partial charge in [-0.15, -0.1) is 0 Å². The molecule has 0 bridgehead atoms. The first kappa shape index (κ1) is 17.5. The number of aliphatic carboxylic acids is 2. The van der Waals surface area contributed by atoms with Crippen molar-refractivity contribution >= 4 is 34.7 Å². The maximum Gasteiger partial charge on any atom is 0.326 e. The molecule has 0 radical (unpaired) electrons. The minimum absolute atomic E-state index is 0.0673. The molecular weight excluding hydrogens is 298 g/mol. The van der Waals surface area contributed by atoms with Gasteiger partial charge in [-0.05, 0) is 19.8 Å². The number of nitrogens with zero attached hydrogens (tertiary/aromatic N) is 1. The van der Waals surface area contributed by atoms with Crippen LogP contribution in [-0.4, -0.2) is 56.4 Å². The molecule has 8 heteroatoms. The Bertz CT molecular complexity index is 466. The quantitative estimate of drug-likeness (QED) is 0.772. The second-order valence-corrected chi connectivity index (χ2v) is 6.62. The van der Waals surface area contributed by atoms with Crippen molar-refractivity contribution in [2.24, 2.45) is 5.41 Å². The summed E-state index contributed by atoms with van der Waals surface area (Å²) in [4.78, 5) is 46.6. The second-order valence-electron chi connectivity index (χ2n) is 5.35. The molecule has 1 amide bonds. The summed E-state index contributed by atoms with van der Waals surface area (Å²) in [5, 5.41) is 18.3. The maximum atomic E-state index is 12.1. The maximum absolute atomic E-state index is 12.1. The smallest absolute Gasteiger partial charge is 0.326 e. The molecule has 1 heterocycles. The lowest BCUT2D eigenvalue weighted by atomic mass is 9.77. The number of rotatable bonds is 5. The number of hydrogen-bond donors (Lipinski definition) is 2. The Morgan fingerprint density at radius 1 is 1.29 bits per heavy atom. The first-order valence-electron chi connectivity index (χ1n) is 6.56. The highest BCUT2D eigenvalue weighted by molar-refractivity contribution is 8.13. The Kier molecular flexibility index (Phi) is 5.77. The third kappa shape index (κ3) is 4.45. The Morgan fingerprint density at radius 3 is 2.38 bits per heavy atom. The van der Waals surface area contributed by atoms with Gasteiger partial charge in [0.2, 0.25) is 5.91 Å². The number of amides is 1. The van der Waals surface area contributed by atoms with Crippen molar-refractivity contribution in [2.75, 3.05) is 12.3 Å². The molecule has 0 aromatic heterocycles. The third-order valence-corrected chi connectivity index (χ3v) is 4.48. The number of likely N-dealkylation sites (tertiary alicyclic amines) is 1. The van der Waals surface area contributed by atoms with Crippen LogP contribution in [0.1, 0.15) is 33.1 Å². The molecule has 1 rings (SSSR count). The molecule has 1 aliphatic heterocycles. The molecule has 21 heavy (non-hydrogen) atoms. The van der Waals surface area contributed by atoms with Gasteiger partial charge in [0.15, 0.2) is 5.12 Å². The summed E-state index contributed by atoms with van der Waals surface area (Å²) in [6, 6.07) is -1.13. The van der Waals surface area contributed by atoms with Crippen LogP contribution in [0.4, 0.5) is 0 Å². The van der Waals surface area contributed by atoms with Crippen LogP contribution >= 0.6 is 11.8 Å². The van der Waals surface area contributed by atoms with E-state index in [1.807, 2.05) is 0 Å². The molecule has 0 unspecified atom stereocenters. The molecule has 1 fully saturated rings. The zero-order chi connectivity index (χ0) is 16.2. The highest BCUT2D eigenvalue weighted by atomic mass is 32.2. The summed E-state index contributed by atoms with van der Waals surface area (Å²) < 4.78 is 0. The minimum Gasteiger partial charge on any atom is -0.481 e. The first-order chi connectivity index (χ1) is 9.67. The molecule has 2 N–H and O–H groups in total. The lowest BCUT2D eigenvalue weighted by molar-refractivity contribution is -0.162. The fourth-order valence-corrected chi connectivity index (χ4v) is 2.87. The number of hydrogen-bond acceptors (Lipinski definition) is 5. The van der Waals surface area contributed by atoms with Crippen molar-refractivity contribution in [3.8, 4) is 0 Å². The summed E-state index contributed by atoms with van der Waals surface area (Å²) in [6.07, 6.45) is 0.179. The zero-order valence-corrected chi connectivity index (χ0v) is 12.8. The van der Waals surface area contributed by atoms with Crippen LogP contribution in [0.15, 0.2) is 0 Å². The molecule has 118 valence electrons. The molecule has 7 nitrogen and oxygen atoms in total. The van der Waals surface area contributed by atoms with Gasteiger partial charge in [-0.2, -0.15) is 0 Å². The molecule has 0 aromatic rings. The molecule has 0 aliphatic carbocycles. The van der Waals surface area contributed by atoms with E-state index in [0.29, 0.717) is 5.75 Å². The van der Waals surface area contributed by atoms with Gasteiger partial charge in [0.1, 0.15) is 6.04 Å². The van der Waals surface area contributed by atoms with Gasteiger partial charge < -0.3 is 15.1 Å². The fraction of sp³-hybridized carbons (Fsp3) is 0.692. The molecule has 0 aromatic carbocycles. The largest absolute Gasteiger partial charge is 0.481 e. The van der Waals surface area contributed by atoms with Crippen LogP contribution in [-0.2, 0) is 19.2 Å². The predicted octanol–water partition coefficient (Wildman–Crippen LogP) is 0.823. The van der Waals surface area contributed by atoms with Crippen LogP contribution in [0.3, 0.4) is 0 Å². The summed E-state index contributed by atoms with van der Waals surface area (Å²) in [7, 11) is 0. The summed E-state index contributed by atoms with van der Waals surface area (Å²) in [5.41, 5.74) is -1.13. The standard InChI is InChI=1S/C13H19NO6S/c1-8(15)21-6-3-10(16)14-5-4-13(2,12(19)20)7-9(14)11(17)18/h9H,3-7H2,1-2H3,(H,17,18)(H,19,20)/t9-,13+/m0/s1. The van der Waals surface area contributed by atoms with Crippen molar-refractivity contribution in [1.82, 2.24) is 4.90 Å². The lowest BCUT2D eigenvalue weighted by Gasteiger charge is -2.40. The number of carbonyl (C=O) groups is 4. The lowest BCUT2D eigenvalue weighted by Crippen LogP contribution is -2.54. The molecule has 1 saturated heterocycles. The average Bonchev–Trinajstić information content (AvgIpc) is 2.37. The van der Waals surface area contributed by atoms with Gasteiger partial charge in [-0.3, -0.25) is 14.4 Å². The number of thioether (sulfide) groups is 1. The van der Waals surface area contributed by atoms with Crippen molar-refractivity contribution in [1.29, 1.82) is 0 Å². The van der Waals surface area contributed by atoms with E-state index in [2.05, 4.69) is 0 Å². The summed E-state index contributed by atoms with van der Waals surface area (Å²) in [5.74, 6) is -2.31. The van der Waals surface area contributed by atoms with E-state index in [-0.39, 0.29) is 36.8 Å². The van der Waals surface area contributed by atoms with Gasteiger partial charge in [0.05, 0.1) is 5.41 Å². The SMILES string of the molecule is CC(=O)SCCC(=O)N1CC[C@@](C)(C(=O)O)C[C@H]1C(=O)O. The van der Waals surface area contributed by atoms with E-state index >= 15 is 0 Å². The van der Waals surface area contributed by atoms with Gasteiger partial charge in [-0.25, -0.2) is 4.79 Å². The fourth-order valence-electron chi connectivity index (χ4n) is 2.30. The Balaban J connectivity index is 2.74. The number of carboxylic acid groups (broad SMARTS) is 2. The average molecular weight is 317 g/mol. The van der Waals surface area contributed by atoms with Crippen LogP contribution in [0.2, 0.25) is 0 Å². The third-order valence-electron chi connectivity index (χ3n) is 3.67.